The molecule has 1 unspecified atom stereocenters. The number of nitrogens with zero attached hydrogens (tertiary/aromatic N) is 3. The van der Waals surface area contributed by atoms with Gasteiger partial charge in [-0.05, 0) is 25.0 Å². The van der Waals surface area contributed by atoms with E-state index in [1.165, 1.54) is 7.11 Å². The number of rotatable bonds is 3. The fourth-order valence-electron chi connectivity index (χ4n) is 2.97. The van der Waals surface area contributed by atoms with Gasteiger partial charge in [0.2, 0.25) is 5.91 Å². The van der Waals surface area contributed by atoms with E-state index in [0.717, 1.165) is 12.8 Å². The zero-order valence-corrected chi connectivity index (χ0v) is 12.6. The fraction of sp³-hybridized carbons (Fsp3) is 0.438. The van der Waals surface area contributed by atoms with Crippen molar-refractivity contribution in [3.63, 3.8) is 0 Å². The summed E-state index contributed by atoms with van der Waals surface area (Å²) in [6.07, 6.45) is 3.34. The molecule has 0 radical (unpaired) electrons. The van der Waals surface area contributed by atoms with Crippen molar-refractivity contribution < 1.29 is 9.53 Å². The van der Waals surface area contributed by atoms with Crippen LogP contribution in [0, 0.1) is 0 Å². The monoisotopic (exact) mass is 301 g/mol. The van der Waals surface area contributed by atoms with Crippen molar-refractivity contribution in [2.45, 2.75) is 18.9 Å². The van der Waals surface area contributed by atoms with Crippen molar-refractivity contribution in [1.82, 2.24) is 14.5 Å². The van der Waals surface area contributed by atoms with E-state index < -0.39 is 0 Å². The van der Waals surface area contributed by atoms with Crippen LogP contribution in [0.4, 0.5) is 0 Å². The van der Waals surface area contributed by atoms with Crippen LogP contribution in [0.3, 0.4) is 0 Å². The SMILES string of the molecule is COCC(=O)N1CCCC(n2cnc3ccccc3c2=O)C1. The number of piperidine rings is 1. The molecule has 3 rings (SSSR count). The number of hydrogen-bond donors (Lipinski definition) is 0. The van der Waals surface area contributed by atoms with E-state index >= 15 is 0 Å². The molecule has 1 amide bonds. The summed E-state index contributed by atoms with van der Waals surface area (Å²) in [6.45, 7) is 1.33. The first-order valence-corrected chi connectivity index (χ1v) is 7.43. The average Bonchev–Trinajstić information content (AvgIpc) is 2.56. The van der Waals surface area contributed by atoms with Gasteiger partial charge in [-0.2, -0.15) is 0 Å². The summed E-state index contributed by atoms with van der Waals surface area (Å²) >= 11 is 0. The first-order chi connectivity index (χ1) is 10.7. The lowest BCUT2D eigenvalue weighted by Crippen LogP contribution is -2.44. The number of carbonyl (C=O) groups is 1. The number of methoxy groups -OCH3 is 1. The van der Waals surface area contributed by atoms with Crippen LogP contribution >= 0.6 is 0 Å². The minimum absolute atomic E-state index is 0.0286. The summed E-state index contributed by atoms with van der Waals surface area (Å²) in [7, 11) is 1.51. The minimum atomic E-state index is -0.0448. The molecule has 1 aliphatic rings. The summed E-state index contributed by atoms with van der Waals surface area (Å²) in [4.78, 5) is 30.7. The lowest BCUT2D eigenvalue weighted by Gasteiger charge is -2.33. The molecule has 0 saturated carbocycles. The summed E-state index contributed by atoms with van der Waals surface area (Å²) in [6, 6.07) is 7.29. The first kappa shape index (κ1) is 14.7. The predicted octanol–water partition coefficient (Wildman–Crippen LogP) is 1.21. The Kier molecular flexibility index (Phi) is 4.20. The lowest BCUT2D eigenvalue weighted by molar-refractivity contribution is -0.136. The number of benzene rings is 1. The molecule has 1 fully saturated rings. The Bertz CT molecular complexity index is 741. The van der Waals surface area contributed by atoms with Gasteiger partial charge < -0.3 is 9.64 Å². The van der Waals surface area contributed by atoms with E-state index in [9.17, 15) is 9.59 Å². The van der Waals surface area contributed by atoms with E-state index in [1.807, 2.05) is 18.2 Å². The molecule has 0 bridgehead atoms. The van der Waals surface area contributed by atoms with Crippen LogP contribution in [0.5, 0.6) is 0 Å². The second kappa shape index (κ2) is 6.27. The second-order valence-corrected chi connectivity index (χ2v) is 5.54. The van der Waals surface area contributed by atoms with Crippen molar-refractivity contribution in [2.75, 3.05) is 26.8 Å². The molecular formula is C16H19N3O3. The van der Waals surface area contributed by atoms with E-state index in [1.54, 1.807) is 21.9 Å². The summed E-state index contributed by atoms with van der Waals surface area (Å²) in [5.74, 6) is -0.0333. The highest BCUT2D eigenvalue weighted by molar-refractivity contribution is 5.78. The molecular weight excluding hydrogens is 282 g/mol. The van der Waals surface area contributed by atoms with E-state index in [2.05, 4.69) is 4.98 Å². The molecule has 6 nitrogen and oxygen atoms in total. The largest absolute Gasteiger partial charge is 0.375 e. The maximum Gasteiger partial charge on any atom is 0.261 e. The summed E-state index contributed by atoms with van der Waals surface area (Å²) in [5, 5.41) is 0.616. The zero-order valence-electron chi connectivity index (χ0n) is 12.6. The van der Waals surface area contributed by atoms with Crippen LogP contribution in [0.25, 0.3) is 10.9 Å². The Morgan fingerprint density at radius 2 is 2.23 bits per heavy atom. The van der Waals surface area contributed by atoms with Crippen LogP contribution in [0.15, 0.2) is 35.4 Å². The summed E-state index contributed by atoms with van der Waals surface area (Å²) in [5.41, 5.74) is 0.656. The highest BCUT2D eigenvalue weighted by Gasteiger charge is 2.25. The van der Waals surface area contributed by atoms with Gasteiger partial charge in [0, 0.05) is 20.2 Å². The van der Waals surface area contributed by atoms with Gasteiger partial charge in [0.05, 0.1) is 23.3 Å². The number of para-hydroxylation sites is 1. The molecule has 1 atom stereocenters. The molecule has 0 spiro atoms. The number of aromatic nitrogens is 2. The molecule has 1 saturated heterocycles. The van der Waals surface area contributed by atoms with E-state index in [-0.39, 0.29) is 24.1 Å². The third kappa shape index (κ3) is 2.74. The van der Waals surface area contributed by atoms with Gasteiger partial charge in [0.25, 0.3) is 5.56 Å². The number of fused-ring (bicyclic) bond motifs is 1. The quantitative estimate of drug-likeness (QED) is 0.854. The predicted molar refractivity (Wildman–Crippen MR) is 82.7 cm³/mol. The van der Waals surface area contributed by atoms with Crippen molar-refractivity contribution in [1.29, 1.82) is 0 Å². The van der Waals surface area contributed by atoms with Crippen LogP contribution in [0.1, 0.15) is 18.9 Å². The Morgan fingerprint density at radius 3 is 3.05 bits per heavy atom. The van der Waals surface area contributed by atoms with Crippen LogP contribution < -0.4 is 5.56 Å². The average molecular weight is 301 g/mol. The van der Waals surface area contributed by atoms with Crippen molar-refractivity contribution in [3.8, 4) is 0 Å². The van der Waals surface area contributed by atoms with Crippen LogP contribution in [0.2, 0.25) is 0 Å². The Labute approximate surface area is 128 Å². The topological polar surface area (TPSA) is 64.4 Å². The molecule has 2 aromatic rings. The smallest absolute Gasteiger partial charge is 0.261 e. The molecule has 6 heteroatoms. The molecule has 1 aromatic heterocycles. The first-order valence-electron chi connectivity index (χ1n) is 7.43. The molecule has 2 heterocycles. The number of amides is 1. The van der Waals surface area contributed by atoms with Gasteiger partial charge in [-0.15, -0.1) is 0 Å². The van der Waals surface area contributed by atoms with Crippen LogP contribution in [-0.4, -0.2) is 47.2 Å². The van der Waals surface area contributed by atoms with E-state index in [0.29, 0.717) is 24.0 Å². The third-order valence-corrected chi connectivity index (χ3v) is 4.10. The van der Waals surface area contributed by atoms with Gasteiger partial charge in [0.1, 0.15) is 6.61 Å². The Hall–Kier alpha value is -2.21. The van der Waals surface area contributed by atoms with Gasteiger partial charge in [-0.1, -0.05) is 12.1 Å². The number of carbonyl (C=O) groups excluding carboxylic acids is 1. The van der Waals surface area contributed by atoms with Crippen molar-refractivity contribution in [3.05, 3.63) is 40.9 Å². The minimum Gasteiger partial charge on any atom is -0.375 e. The zero-order chi connectivity index (χ0) is 15.5. The molecule has 0 N–H and O–H groups in total. The Balaban J connectivity index is 1.89. The maximum atomic E-state index is 12.6. The number of ether oxygens (including phenoxy) is 1. The van der Waals surface area contributed by atoms with Gasteiger partial charge >= 0.3 is 0 Å². The van der Waals surface area contributed by atoms with Crippen molar-refractivity contribution >= 4 is 16.8 Å². The van der Waals surface area contributed by atoms with Crippen molar-refractivity contribution in [2.24, 2.45) is 0 Å². The van der Waals surface area contributed by atoms with Gasteiger partial charge in [0.15, 0.2) is 0 Å². The second-order valence-electron chi connectivity index (χ2n) is 5.54. The standard InChI is InChI=1S/C16H19N3O3/c1-22-10-15(20)18-8-4-5-12(9-18)19-11-17-14-7-3-2-6-13(14)16(19)21/h2-3,6-7,11-12H,4-5,8-10H2,1H3. The number of likely N-dealkylation sites (tertiary alicyclic amines) is 1. The molecule has 1 aromatic carbocycles. The Morgan fingerprint density at radius 1 is 1.41 bits per heavy atom. The highest BCUT2D eigenvalue weighted by Crippen LogP contribution is 2.20. The summed E-state index contributed by atoms with van der Waals surface area (Å²) < 4.78 is 6.57. The molecule has 116 valence electrons. The van der Waals surface area contributed by atoms with Crippen LogP contribution in [-0.2, 0) is 9.53 Å². The van der Waals surface area contributed by atoms with Gasteiger partial charge in [-0.25, -0.2) is 4.98 Å². The third-order valence-electron chi connectivity index (χ3n) is 4.10. The lowest BCUT2D eigenvalue weighted by atomic mass is 10.1. The molecule has 1 aliphatic heterocycles. The van der Waals surface area contributed by atoms with Gasteiger partial charge in [-0.3, -0.25) is 14.2 Å². The highest BCUT2D eigenvalue weighted by atomic mass is 16.5. The normalized spacial score (nSPS) is 18.6. The molecule has 0 aliphatic carbocycles. The number of hydrogen-bond acceptors (Lipinski definition) is 4. The van der Waals surface area contributed by atoms with E-state index in [4.69, 9.17) is 4.74 Å². The fourth-order valence-corrected chi connectivity index (χ4v) is 2.97. The maximum absolute atomic E-state index is 12.6. The molecule has 22 heavy (non-hydrogen) atoms.